The second-order valence-electron chi connectivity index (χ2n) is 5.85. The second kappa shape index (κ2) is 6.94. The Labute approximate surface area is 112 Å². The Hall–Kier alpha value is -0.820. The molecule has 0 bridgehead atoms. The highest BCUT2D eigenvalue weighted by molar-refractivity contribution is 5.25. The van der Waals surface area contributed by atoms with Crippen LogP contribution in [0.5, 0.6) is 0 Å². The minimum atomic E-state index is 0.914. The molecule has 1 aromatic carbocycles. The Morgan fingerprint density at radius 1 is 1.06 bits per heavy atom. The van der Waals surface area contributed by atoms with Crippen molar-refractivity contribution in [1.82, 2.24) is 5.32 Å². The molecular formula is C17H27N. The van der Waals surface area contributed by atoms with E-state index in [9.17, 15) is 0 Å². The van der Waals surface area contributed by atoms with Gasteiger partial charge in [-0.3, -0.25) is 0 Å². The van der Waals surface area contributed by atoms with Gasteiger partial charge in [0.25, 0.3) is 0 Å². The van der Waals surface area contributed by atoms with Crippen LogP contribution in [0.2, 0.25) is 0 Å². The third kappa shape index (κ3) is 3.84. The van der Waals surface area contributed by atoms with E-state index < -0.39 is 0 Å². The largest absolute Gasteiger partial charge is 0.312 e. The van der Waals surface area contributed by atoms with E-state index in [0.717, 1.165) is 18.4 Å². The molecule has 0 amide bonds. The molecule has 2 rings (SSSR count). The Morgan fingerprint density at radius 2 is 1.72 bits per heavy atom. The monoisotopic (exact) mass is 245 g/mol. The van der Waals surface area contributed by atoms with Crippen LogP contribution < -0.4 is 5.32 Å². The summed E-state index contributed by atoms with van der Waals surface area (Å²) in [4.78, 5) is 0. The van der Waals surface area contributed by atoms with E-state index >= 15 is 0 Å². The fourth-order valence-corrected chi connectivity index (χ4v) is 3.06. The maximum atomic E-state index is 3.65. The van der Waals surface area contributed by atoms with Crippen molar-refractivity contribution in [3.8, 4) is 0 Å². The number of hydrogen-bond donors (Lipinski definition) is 1. The van der Waals surface area contributed by atoms with Crippen LogP contribution >= 0.6 is 0 Å². The van der Waals surface area contributed by atoms with Crippen LogP contribution in [0.4, 0.5) is 0 Å². The summed E-state index contributed by atoms with van der Waals surface area (Å²) < 4.78 is 0. The van der Waals surface area contributed by atoms with Gasteiger partial charge >= 0.3 is 0 Å². The molecule has 0 saturated heterocycles. The quantitative estimate of drug-likeness (QED) is 0.815. The molecule has 1 aromatic rings. The third-order valence-corrected chi connectivity index (χ3v) is 4.55. The van der Waals surface area contributed by atoms with Gasteiger partial charge in [-0.1, -0.05) is 50.5 Å². The van der Waals surface area contributed by atoms with Gasteiger partial charge in [-0.05, 0) is 49.3 Å². The first kappa shape index (κ1) is 13.6. The predicted octanol–water partition coefficient (Wildman–Crippen LogP) is 4.30. The first-order valence-electron chi connectivity index (χ1n) is 7.54. The van der Waals surface area contributed by atoms with E-state index in [1.54, 1.807) is 0 Å². The lowest BCUT2D eigenvalue weighted by Crippen LogP contribution is -2.26. The van der Waals surface area contributed by atoms with E-state index in [-0.39, 0.29) is 0 Å². The topological polar surface area (TPSA) is 12.0 Å². The fourth-order valence-electron chi connectivity index (χ4n) is 3.06. The Balaban J connectivity index is 1.69. The number of benzene rings is 1. The molecule has 0 atom stereocenters. The molecular weight excluding hydrogens is 218 g/mol. The maximum absolute atomic E-state index is 3.65. The molecule has 1 nitrogen and oxygen atoms in total. The van der Waals surface area contributed by atoms with Crippen molar-refractivity contribution in [2.75, 3.05) is 6.54 Å². The second-order valence-corrected chi connectivity index (χ2v) is 5.85. The van der Waals surface area contributed by atoms with Crippen LogP contribution in [0.1, 0.15) is 50.2 Å². The van der Waals surface area contributed by atoms with Gasteiger partial charge in [-0.15, -0.1) is 0 Å². The maximum Gasteiger partial charge on any atom is 0.0208 e. The Bertz CT molecular complexity index is 350. The van der Waals surface area contributed by atoms with E-state index in [1.807, 2.05) is 0 Å². The Morgan fingerprint density at radius 3 is 2.39 bits per heavy atom. The highest BCUT2D eigenvalue weighted by Gasteiger charge is 2.19. The first-order chi connectivity index (χ1) is 8.79. The highest BCUT2D eigenvalue weighted by atomic mass is 14.9. The lowest BCUT2D eigenvalue weighted by atomic mass is 9.81. The van der Waals surface area contributed by atoms with Crippen molar-refractivity contribution >= 4 is 0 Å². The molecule has 1 fully saturated rings. The fraction of sp³-hybridized carbons (Fsp3) is 0.647. The minimum Gasteiger partial charge on any atom is -0.312 e. The summed E-state index contributed by atoms with van der Waals surface area (Å²) in [6.45, 7) is 6.76. The number of aryl methyl sites for hydroxylation is 1. The van der Waals surface area contributed by atoms with Crippen molar-refractivity contribution in [2.45, 2.75) is 52.5 Å². The molecule has 0 aliphatic heterocycles. The number of nitrogens with one attached hydrogen (secondary N) is 1. The smallest absolute Gasteiger partial charge is 0.0208 e. The van der Waals surface area contributed by atoms with Crippen LogP contribution in [0.15, 0.2) is 24.3 Å². The van der Waals surface area contributed by atoms with Crippen molar-refractivity contribution < 1.29 is 0 Å². The molecule has 0 spiro atoms. The van der Waals surface area contributed by atoms with E-state index in [0.29, 0.717) is 0 Å². The summed E-state index contributed by atoms with van der Waals surface area (Å²) in [6, 6.07) is 8.68. The number of rotatable bonds is 5. The standard InChI is InChI=1S/C17H27N/c1-3-15-8-10-16(11-9-15)12-18-13-17-7-5-4-6-14(17)2/h4-7,15-16,18H,3,8-13H2,1-2H3. The normalized spacial score (nSPS) is 24.1. The van der Waals surface area contributed by atoms with Crippen LogP contribution in [0.25, 0.3) is 0 Å². The van der Waals surface area contributed by atoms with E-state index in [4.69, 9.17) is 0 Å². The lowest BCUT2D eigenvalue weighted by molar-refractivity contribution is 0.262. The molecule has 1 heteroatoms. The lowest BCUT2D eigenvalue weighted by Gasteiger charge is -2.28. The average Bonchev–Trinajstić information content (AvgIpc) is 2.42. The molecule has 1 N–H and O–H groups in total. The molecule has 1 saturated carbocycles. The van der Waals surface area contributed by atoms with Gasteiger partial charge < -0.3 is 5.32 Å². The zero-order chi connectivity index (χ0) is 12.8. The van der Waals surface area contributed by atoms with E-state index in [2.05, 4.69) is 43.4 Å². The highest BCUT2D eigenvalue weighted by Crippen LogP contribution is 2.30. The van der Waals surface area contributed by atoms with Crippen LogP contribution in [0, 0.1) is 18.8 Å². The molecule has 0 aromatic heterocycles. The van der Waals surface area contributed by atoms with Crippen LogP contribution in [-0.2, 0) is 6.54 Å². The van der Waals surface area contributed by atoms with Crippen molar-refractivity contribution in [1.29, 1.82) is 0 Å². The third-order valence-electron chi connectivity index (χ3n) is 4.55. The zero-order valence-corrected chi connectivity index (χ0v) is 11.9. The SMILES string of the molecule is CCC1CCC(CNCc2ccccc2C)CC1. The van der Waals surface area contributed by atoms with Gasteiger partial charge in [0.05, 0.1) is 0 Å². The zero-order valence-electron chi connectivity index (χ0n) is 11.9. The minimum absolute atomic E-state index is 0.914. The van der Waals surface area contributed by atoms with Gasteiger partial charge in [-0.25, -0.2) is 0 Å². The molecule has 0 unspecified atom stereocenters. The summed E-state index contributed by atoms with van der Waals surface area (Å²) in [6.07, 6.45) is 7.14. The van der Waals surface area contributed by atoms with Crippen molar-refractivity contribution in [3.05, 3.63) is 35.4 Å². The van der Waals surface area contributed by atoms with Gasteiger partial charge in [0.2, 0.25) is 0 Å². The average molecular weight is 245 g/mol. The molecule has 18 heavy (non-hydrogen) atoms. The van der Waals surface area contributed by atoms with Crippen LogP contribution in [0.3, 0.4) is 0 Å². The van der Waals surface area contributed by atoms with Gasteiger partial charge in [-0.2, -0.15) is 0 Å². The molecule has 1 aliphatic carbocycles. The summed E-state index contributed by atoms with van der Waals surface area (Å²) in [7, 11) is 0. The summed E-state index contributed by atoms with van der Waals surface area (Å²) in [5, 5.41) is 3.65. The van der Waals surface area contributed by atoms with E-state index in [1.165, 1.54) is 49.8 Å². The van der Waals surface area contributed by atoms with Crippen molar-refractivity contribution in [2.24, 2.45) is 11.8 Å². The van der Waals surface area contributed by atoms with Crippen molar-refractivity contribution in [3.63, 3.8) is 0 Å². The van der Waals surface area contributed by atoms with Gasteiger partial charge in [0.15, 0.2) is 0 Å². The van der Waals surface area contributed by atoms with Crippen LogP contribution in [-0.4, -0.2) is 6.54 Å². The predicted molar refractivity (Wildman–Crippen MR) is 78.6 cm³/mol. The first-order valence-corrected chi connectivity index (χ1v) is 7.54. The summed E-state index contributed by atoms with van der Waals surface area (Å²) in [5.74, 6) is 1.93. The molecule has 100 valence electrons. The van der Waals surface area contributed by atoms with Gasteiger partial charge in [0, 0.05) is 6.54 Å². The number of hydrogen-bond acceptors (Lipinski definition) is 1. The Kier molecular flexibility index (Phi) is 5.25. The molecule has 0 heterocycles. The summed E-state index contributed by atoms with van der Waals surface area (Å²) >= 11 is 0. The molecule has 0 radical (unpaired) electrons. The molecule has 1 aliphatic rings. The summed E-state index contributed by atoms with van der Waals surface area (Å²) in [5.41, 5.74) is 2.85. The van der Waals surface area contributed by atoms with Gasteiger partial charge in [0.1, 0.15) is 0 Å².